The molecule has 1 unspecified atom stereocenters. The Morgan fingerprint density at radius 2 is 1.83 bits per heavy atom. The van der Waals surface area contributed by atoms with E-state index in [4.69, 9.17) is 5.26 Å². The van der Waals surface area contributed by atoms with Gasteiger partial charge in [0.2, 0.25) is 0 Å². The van der Waals surface area contributed by atoms with E-state index in [-0.39, 0.29) is 11.4 Å². The van der Waals surface area contributed by atoms with Crippen LogP contribution in [0.2, 0.25) is 0 Å². The lowest BCUT2D eigenvalue weighted by Gasteiger charge is -2.22. The number of oxime groups is 1. The lowest BCUT2D eigenvalue weighted by atomic mass is 9.98. The van der Waals surface area contributed by atoms with Crippen molar-refractivity contribution in [2.75, 3.05) is 0 Å². The molecule has 1 N–H and O–H groups in total. The van der Waals surface area contributed by atoms with E-state index in [0.717, 1.165) is 0 Å². The monoisotopic (exact) mass is 333 g/mol. The van der Waals surface area contributed by atoms with E-state index >= 15 is 0 Å². The number of aliphatic hydroxyl groups is 1. The van der Waals surface area contributed by atoms with Gasteiger partial charge >= 0.3 is 12.0 Å². The fraction of sp³-hybridized carbons (Fsp3) is 0.188. The highest BCUT2D eigenvalue weighted by Gasteiger charge is 2.60. The highest BCUT2D eigenvalue weighted by Crippen LogP contribution is 2.39. The summed E-state index contributed by atoms with van der Waals surface area (Å²) in [6.07, 6.45) is -4.22. The van der Waals surface area contributed by atoms with Gasteiger partial charge in [-0.3, -0.25) is 0 Å². The van der Waals surface area contributed by atoms with E-state index in [1.807, 2.05) is 6.07 Å². The van der Waals surface area contributed by atoms with Crippen molar-refractivity contribution in [2.45, 2.75) is 18.4 Å². The van der Waals surface area contributed by atoms with Crippen molar-refractivity contribution < 1.29 is 23.1 Å². The minimum Gasteiger partial charge on any atom is -0.350 e. The van der Waals surface area contributed by atoms with Crippen LogP contribution in [0.15, 0.2) is 47.8 Å². The number of rotatable bonds is 2. The molecule has 3 rings (SSSR count). The standard InChI is InChI=1S/C16H10F3N3O2/c17-16(18,19)15(23)8-13(22-24-15)11-5-3-10(4-6-11)12-2-1-7-21-14(12)9-20/h1-7,23H,8H2. The molecule has 0 radical (unpaired) electrons. The Hall–Kier alpha value is -2.92. The zero-order valence-corrected chi connectivity index (χ0v) is 12.1. The van der Waals surface area contributed by atoms with Crippen molar-refractivity contribution >= 4 is 5.71 Å². The fourth-order valence-electron chi connectivity index (χ4n) is 2.30. The van der Waals surface area contributed by atoms with Crippen molar-refractivity contribution in [1.82, 2.24) is 4.98 Å². The lowest BCUT2D eigenvalue weighted by Crippen LogP contribution is -2.45. The SMILES string of the molecule is N#Cc1ncccc1-c1ccc(C2=NOC(O)(C(F)(F)F)C2)cc1. The number of nitriles is 1. The summed E-state index contributed by atoms with van der Waals surface area (Å²) < 4.78 is 38.2. The molecule has 2 aromatic rings. The second-order valence-electron chi connectivity index (χ2n) is 5.18. The van der Waals surface area contributed by atoms with Crippen molar-refractivity contribution in [2.24, 2.45) is 5.16 Å². The second kappa shape index (κ2) is 5.62. The summed E-state index contributed by atoms with van der Waals surface area (Å²) in [5.41, 5.74) is 1.93. The molecule has 2 heterocycles. The van der Waals surface area contributed by atoms with Crippen LogP contribution in [0.1, 0.15) is 17.7 Å². The largest absolute Gasteiger partial charge is 0.458 e. The zero-order valence-electron chi connectivity index (χ0n) is 12.1. The van der Waals surface area contributed by atoms with Crippen LogP contribution in [0.3, 0.4) is 0 Å². The maximum absolute atomic E-state index is 12.7. The Kier molecular flexibility index (Phi) is 3.73. The molecule has 8 heteroatoms. The van der Waals surface area contributed by atoms with Gasteiger partial charge in [0.15, 0.2) is 0 Å². The average Bonchev–Trinajstić information content (AvgIpc) is 2.98. The van der Waals surface area contributed by atoms with Crippen LogP contribution in [-0.2, 0) is 4.84 Å². The maximum atomic E-state index is 12.7. The highest BCUT2D eigenvalue weighted by atomic mass is 19.4. The van der Waals surface area contributed by atoms with Gasteiger partial charge < -0.3 is 9.94 Å². The van der Waals surface area contributed by atoms with Crippen molar-refractivity contribution in [3.63, 3.8) is 0 Å². The van der Waals surface area contributed by atoms with E-state index in [1.54, 1.807) is 36.4 Å². The number of nitrogens with zero attached hydrogens (tertiary/aromatic N) is 3. The van der Waals surface area contributed by atoms with Crippen LogP contribution in [-0.4, -0.2) is 27.8 Å². The maximum Gasteiger partial charge on any atom is 0.458 e. The molecule has 1 aliphatic rings. The molecule has 1 aromatic heterocycles. The first-order chi connectivity index (χ1) is 11.3. The zero-order chi connectivity index (χ0) is 17.4. The predicted octanol–water partition coefficient (Wildman–Crippen LogP) is 3.00. The molecule has 1 aromatic carbocycles. The molecular formula is C16H10F3N3O2. The molecule has 1 aliphatic heterocycles. The Labute approximate surface area is 134 Å². The smallest absolute Gasteiger partial charge is 0.350 e. The van der Waals surface area contributed by atoms with Gasteiger partial charge in [-0.05, 0) is 23.3 Å². The third kappa shape index (κ3) is 2.70. The highest BCUT2D eigenvalue weighted by molar-refractivity contribution is 6.01. The van der Waals surface area contributed by atoms with Crippen molar-refractivity contribution in [3.05, 3.63) is 53.9 Å². The number of aromatic nitrogens is 1. The summed E-state index contributed by atoms with van der Waals surface area (Å²) in [7, 11) is 0. The van der Waals surface area contributed by atoms with Crippen molar-refractivity contribution in [1.29, 1.82) is 5.26 Å². The number of hydrogen-bond acceptors (Lipinski definition) is 5. The molecule has 122 valence electrons. The molecule has 24 heavy (non-hydrogen) atoms. The summed E-state index contributed by atoms with van der Waals surface area (Å²) >= 11 is 0. The Morgan fingerprint density at radius 1 is 1.17 bits per heavy atom. The first-order valence-corrected chi connectivity index (χ1v) is 6.84. The molecule has 0 saturated carbocycles. The van der Waals surface area contributed by atoms with Gasteiger partial charge in [-0.2, -0.15) is 18.4 Å². The molecule has 0 saturated heterocycles. The normalized spacial score (nSPS) is 20.2. The number of alkyl halides is 3. The summed E-state index contributed by atoms with van der Waals surface area (Å²) in [5.74, 6) is -3.29. The first-order valence-electron chi connectivity index (χ1n) is 6.84. The van der Waals surface area contributed by atoms with Crippen molar-refractivity contribution in [3.8, 4) is 17.2 Å². The number of pyridine rings is 1. The van der Waals surface area contributed by atoms with E-state index in [0.29, 0.717) is 16.7 Å². The first kappa shape index (κ1) is 16.0. The van der Waals surface area contributed by atoms with Gasteiger partial charge in [0.25, 0.3) is 0 Å². The fourth-order valence-corrected chi connectivity index (χ4v) is 2.30. The van der Waals surface area contributed by atoms with Gasteiger partial charge in [0.1, 0.15) is 11.8 Å². The van der Waals surface area contributed by atoms with Gasteiger partial charge in [0, 0.05) is 11.8 Å². The van der Waals surface area contributed by atoms with Gasteiger partial charge in [0.05, 0.1) is 12.1 Å². The van der Waals surface area contributed by atoms with Gasteiger partial charge in [-0.1, -0.05) is 29.4 Å². The Bertz CT molecular complexity index is 841. The Morgan fingerprint density at radius 3 is 2.42 bits per heavy atom. The molecule has 0 fully saturated rings. The van der Waals surface area contributed by atoms with Crippen LogP contribution in [0.5, 0.6) is 0 Å². The number of benzene rings is 1. The van der Waals surface area contributed by atoms with E-state index in [1.165, 1.54) is 6.20 Å². The van der Waals surface area contributed by atoms with E-state index in [9.17, 15) is 18.3 Å². The van der Waals surface area contributed by atoms with Crippen LogP contribution in [0, 0.1) is 11.3 Å². The topological polar surface area (TPSA) is 78.5 Å². The lowest BCUT2D eigenvalue weighted by molar-refractivity contribution is -0.355. The molecule has 5 nitrogen and oxygen atoms in total. The van der Waals surface area contributed by atoms with Gasteiger partial charge in [-0.25, -0.2) is 4.98 Å². The minimum absolute atomic E-state index is 0.00642. The third-order valence-electron chi connectivity index (χ3n) is 3.60. The average molecular weight is 333 g/mol. The van der Waals surface area contributed by atoms with E-state index < -0.39 is 18.4 Å². The summed E-state index contributed by atoms with van der Waals surface area (Å²) in [4.78, 5) is 8.15. The summed E-state index contributed by atoms with van der Waals surface area (Å²) in [6, 6.07) is 11.8. The molecule has 0 spiro atoms. The quantitative estimate of drug-likeness (QED) is 0.916. The third-order valence-corrected chi connectivity index (χ3v) is 3.60. The molecular weight excluding hydrogens is 323 g/mol. The van der Waals surface area contributed by atoms with Crippen LogP contribution >= 0.6 is 0 Å². The number of halogens is 3. The second-order valence-corrected chi connectivity index (χ2v) is 5.18. The summed E-state index contributed by atoms with van der Waals surface area (Å²) in [6.45, 7) is 0. The van der Waals surface area contributed by atoms with E-state index in [2.05, 4.69) is 15.0 Å². The van der Waals surface area contributed by atoms with Crippen LogP contribution in [0.25, 0.3) is 11.1 Å². The Balaban J connectivity index is 1.86. The molecule has 1 atom stereocenters. The number of hydrogen-bond donors (Lipinski definition) is 1. The molecule has 0 amide bonds. The minimum atomic E-state index is -4.93. The summed E-state index contributed by atoms with van der Waals surface area (Å²) in [5, 5.41) is 21.9. The predicted molar refractivity (Wildman–Crippen MR) is 77.6 cm³/mol. The van der Waals surface area contributed by atoms with Crippen LogP contribution in [0.4, 0.5) is 13.2 Å². The molecule has 0 bridgehead atoms. The van der Waals surface area contributed by atoms with Gasteiger partial charge in [-0.15, -0.1) is 0 Å². The molecule has 0 aliphatic carbocycles. The van der Waals surface area contributed by atoms with Crippen LogP contribution < -0.4 is 0 Å².